The number of nitrogens with two attached hydrogens (primary N) is 1. The maximum absolute atomic E-state index is 5.69. The first-order valence-electron chi connectivity index (χ1n) is 6.30. The maximum Gasteiger partial charge on any atom is 0.0465 e. The number of hydrogen-bond acceptors (Lipinski definition) is 2. The zero-order valence-corrected chi connectivity index (χ0v) is 12.5. The number of hydrogen-bond donors (Lipinski definition) is 2. The van der Waals surface area contributed by atoms with Gasteiger partial charge in [-0.15, -0.1) is 0 Å². The second kappa shape index (κ2) is 7.14. The minimum atomic E-state index is 0.254. The summed E-state index contributed by atoms with van der Waals surface area (Å²) in [5, 5.41) is 0. The Kier molecular flexibility index (Phi) is 6.17. The fourth-order valence-corrected chi connectivity index (χ4v) is 2.80. The van der Waals surface area contributed by atoms with Gasteiger partial charge in [-0.25, -0.2) is 0 Å². The fourth-order valence-electron chi connectivity index (χ4n) is 2.33. The smallest absolute Gasteiger partial charge is 0.0465 e. The van der Waals surface area contributed by atoms with Crippen LogP contribution >= 0.6 is 15.9 Å². The Morgan fingerprint density at radius 3 is 2.65 bits per heavy atom. The molecule has 0 radical (unpaired) electrons. The number of rotatable bonds is 6. The Labute approximate surface area is 113 Å². The molecule has 0 amide bonds. The van der Waals surface area contributed by atoms with Gasteiger partial charge in [0.25, 0.3) is 0 Å². The van der Waals surface area contributed by atoms with Crippen LogP contribution in [0.1, 0.15) is 50.3 Å². The number of halogens is 1. The van der Waals surface area contributed by atoms with Crippen LogP contribution in [0.2, 0.25) is 0 Å². The summed E-state index contributed by atoms with van der Waals surface area (Å²) in [5.74, 6) is 6.39. The van der Waals surface area contributed by atoms with E-state index < -0.39 is 0 Å². The van der Waals surface area contributed by atoms with E-state index in [-0.39, 0.29) is 6.04 Å². The van der Waals surface area contributed by atoms with Crippen molar-refractivity contribution in [1.82, 2.24) is 5.43 Å². The van der Waals surface area contributed by atoms with Gasteiger partial charge < -0.3 is 0 Å². The normalized spacial score (nSPS) is 14.6. The lowest BCUT2D eigenvalue weighted by atomic mass is 9.91. The van der Waals surface area contributed by atoms with Crippen molar-refractivity contribution in [2.45, 2.75) is 46.1 Å². The number of nitrogens with one attached hydrogen (secondary N) is 1. The lowest BCUT2D eigenvalue weighted by Gasteiger charge is -2.22. The fraction of sp³-hybridized carbons (Fsp3) is 0.571. The van der Waals surface area contributed by atoms with Crippen LogP contribution in [-0.4, -0.2) is 0 Å². The van der Waals surface area contributed by atoms with Crippen LogP contribution in [0.3, 0.4) is 0 Å². The Hall–Kier alpha value is -0.380. The SMILES string of the molecule is CCCC(C)CC(NN)c1ccc(Br)cc1C. The van der Waals surface area contributed by atoms with E-state index in [2.05, 4.69) is 60.3 Å². The second-order valence-corrected chi connectivity index (χ2v) is 5.77. The monoisotopic (exact) mass is 298 g/mol. The van der Waals surface area contributed by atoms with E-state index >= 15 is 0 Å². The van der Waals surface area contributed by atoms with Crippen LogP contribution in [0.25, 0.3) is 0 Å². The minimum absolute atomic E-state index is 0.254. The highest BCUT2D eigenvalue weighted by Gasteiger charge is 2.15. The first-order valence-corrected chi connectivity index (χ1v) is 7.10. The highest BCUT2D eigenvalue weighted by atomic mass is 79.9. The largest absolute Gasteiger partial charge is 0.271 e. The van der Waals surface area contributed by atoms with E-state index in [1.54, 1.807) is 0 Å². The van der Waals surface area contributed by atoms with Crippen LogP contribution in [0.15, 0.2) is 22.7 Å². The molecule has 1 aromatic carbocycles. The molecule has 0 aliphatic carbocycles. The van der Waals surface area contributed by atoms with Crippen molar-refractivity contribution in [2.24, 2.45) is 11.8 Å². The summed E-state index contributed by atoms with van der Waals surface area (Å²) >= 11 is 3.49. The van der Waals surface area contributed by atoms with Gasteiger partial charge in [0.15, 0.2) is 0 Å². The van der Waals surface area contributed by atoms with Crippen molar-refractivity contribution in [1.29, 1.82) is 0 Å². The molecule has 3 N–H and O–H groups in total. The first kappa shape index (κ1) is 14.7. The first-order chi connectivity index (χ1) is 8.08. The molecule has 0 spiro atoms. The zero-order valence-electron chi connectivity index (χ0n) is 11.0. The Balaban J connectivity index is 2.79. The van der Waals surface area contributed by atoms with E-state index in [0.29, 0.717) is 5.92 Å². The van der Waals surface area contributed by atoms with Crippen molar-refractivity contribution in [2.75, 3.05) is 0 Å². The van der Waals surface area contributed by atoms with Crippen LogP contribution in [0.5, 0.6) is 0 Å². The lowest BCUT2D eigenvalue weighted by Crippen LogP contribution is -2.29. The Morgan fingerprint density at radius 2 is 2.12 bits per heavy atom. The summed E-state index contributed by atoms with van der Waals surface area (Å²) in [6.45, 7) is 6.66. The van der Waals surface area contributed by atoms with Crippen LogP contribution in [-0.2, 0) is 0 Å². The molecule has 0 bridgehead atoms. The molecule has 3 heteroatoms. The molecule has 0 fully saturated rings. The number of aryl methyl sites for hydroxylation is 1. The molecule has 0 aliphatic heterocycles. The molecule has 1 rings (SSSR count). The average Bonchev–Trinajstić information content (AvgIpc) is 2.27. The van der Waals surface area contributed by atoms with Crippen molar-refractivity contribution >= 4 is 15.9 Å². The van der Waals surface area contributed by atoms with Crippen LogP contribution < -0.4 is 11.3 Å². The van der Waals surface area contributed by atoms with Gasteiger partial charge in [-0.1, -0.05) is 48.7 Å². The molecule has 0 saturated carbocycles. The van der Waals surface area contributed by atoms with Gasteiger partial charge in [0.05, 0.1) is 0 Å². The van der Waals surface area contributed by atoms with E-state index in [9.17, 15) is 0 Å². The summed E-state index contributed by atoms with van der Waals surface area (Å²) in [6.07, 6.45) is 3.58. The van der Waals surface area contributed by atoms with Crippen molar-refractivity contribution in [3.63, 3.8) is 0 Å². The molecule has 1 aromatic rings. The molecule has 0 saturated heterocycles. The van der Waals surface area contributed by atoms with E-state index in [0.717, 1.165) is 10.9 Å². The third-order valence-corrected chi connectivity index (χ3v) is 3.72. The summed E-state index contributed by atoms with van der Waals surface area (Å²) in [6, 6.07) is 6.63. The third-order valence-electron chi connectivity index (χ3n) is 3.23. The van der Waals surface area contributed by atoms with E-state index in [4.69, 9.17) is 5.84 Å². The van der Waals surface area contributed by atoms with E-state index in [1.165, 1.54) is 24.0 Å². The van der Waals surface area contributed by atoms with Crippen molar-refractivity contribution < 1.29 is 0 Å². The zero-order chi connectivity index (χ0) is 12.8. The maximum atomic E-state index is 5.69. The van der Waals surface area contributed by atoms with Gasteiger partial charge in [0, 0.05) is 10.5 Å². The molecule has 2 atom stereocenters. The van der Waals surface area contributed by atoms with Gasteiger partial charge in [-0.3, -0.25) is 11.3 Å². The van der Waals surface area contributed by atoms with Crippen molar-refractivity contribution in [3.8, 4) is 0 Å². The molecule has 17 heavy (non-hydrogen) atoms. The predicted octanol–water partition coefficient (Wildman–Crippen LogP) is 4.09. The molecule has 2 nitrogen and oxygen atoms in total. The highest BCUT2D eigenvalue weighted by molar-refractivity contribution is 9.10. The van der Waals surface area contributed by atoms with Gasteiger partial charge >= 0.3 is 0 Å². The van der Waals surface area contributed by atoms with Crippen LogP contribution in [0, 0.1) is 12.8 Å². The highest BCUT2D eigenvalue weighted by Crippen LogP contribution is 2.27. The summed E-state index contributed by atoms with van der Waals surface area (Å²) in [4.78, 5) is 0. The average molecular weight is 299 g/mol. The van der Waals surface area contributed by atoms with Gasteiger partial charge in [-0.2, -0.15) is 0 Å². The summed E-state index contributed by atoms with van der Waals surface area (Å²) in [5.41, 5.74) is 5.54. The van der Waals surface area contributed by atoms with Gasteiger partial charge in [-0.05, 0) is 42.5 Å². The molecule has 0 aliphatic rings. The molecule has 2 unspecified atom stereocenters. The standard InChI is InChI=1S/C14H23BrN2/c1-4-5-10(2)8-14(17-16)13-7-6-12(15)9-11(13)3/h6-7,9-10,14,17H,4-5,8,16H2,1-3H3. The van der Waals surface area contributed by atoms with Crippen molar-refractivity contribution in [3.05, 3.63) is 33.8 Å². The number of benzene rings is 1. The van der Waals surface area contributed by atoms with Gasteiger partial charge in [0.1, 0.15) is 0 Å². The van der Waals surface area contributed by atoms with E-state index in [1.807, 2.05) is 0 Å². The summed E-state index contributed by atoms with van der Waals surface area (Å²) in [7, 11) is 0. The Morgan fingerprint density at radius 1 is 1.41 bits per heavy atom. The molecular formula is C14H23BrN2. The predicted molar refractivity (Wildman–Crippen MR) is 77.6 cm³/mol. The lowest BCUT2D eigenvalue weighted by molar-refractivity contribution is 0.393. The molecule has 0 aromatic heterocycles. The molecule has 0 heterocycles. The summed E-state index contributed by atoms with van der Waals surface area (Å²) < 4.78 is 1.12. The Bertz CT molecular complexity index is 352. The second-order valence-electron chi connectivity index (χ2n) is 4.85. The third kappa shape index (κ3) is 4.41. The van der Waals surface area contributed by atoms with Gasteiger partial charge in [0.2, 0.25) is 0 Å². The number of hydrazine groups is 1. The molecular weight excluding hydrogens is 276 g/mol. The topological polar surface area (TPSA) is 38.0 Å². The van der Waals surface area contributed by atoms with Crippen LogP contribution in [0.4, 0.5) is 0 Å². The molecule has 96 valence electrons. The minimum Gasteiger partial charge on any atom is -0.271 e. The quantitative estimate of drug-likeness (QED) is 0.613.